The maximum absolute atomic E-state index is 11.6. The van der Waals surface area contributed by atoms with Crippen LogP contribution in [0.5, 0.6) is 0 Å². The van der Waals surface area contributed by atoms with Crippen LogP contribution in [0.3, 0.4) is 0 Å². The van der Waals surface area contributed by atoms with Crippen molar-refractivity contribution in [3.63, 3.8) is 0 Å². The predicted molar refractivity (Wildman–Crippen MR) is 66.5 cm³/mol. The SMILES string of the molecule is CCNCc1cn(C2(C)CCS(=O)(=O)C2)cn1. The van der Waals surface area contributed by atoms with E-state index in [4.69, 9.17) is 0 Å². The lowest BCUT2D eigenvalue weighted by Crippen LogP contribution is -2.30. The van der Waals surface area contributed by atoms with E-state index >= 15 is 0 Å². The zero-order chi connectivity index (χ0) is 12.5. The van der Waals surface area contributed by atoms with Gasteiger partial charge in [-0.2, -0.15) is 0 Å². The first kappa shape index (κ1) is 12.6. The first-order chi connectivity index (χ1) is 7.95. The van der Waals surface area contributed by atoms with Gasteiger partial charge in [0.25, 0.3) is 0 Å². The third-order valence-electron chi connectivity index (χ3n) is 3.30. The van der Waals surface area contributed by atoms with Crippen molar-refractivity contribution in [3.05, 3.63) is 18.2 Å². The largest absolute Gasteiger partial charge is 0.330 e. The molecule has 1 aromatic rings. The lowest BCUT2D eigenvalue weighted by molar-refractivity contribution is 0.364. The Hall–Kier alpha value is -0.880. The molecule has 1 aliphatic heterocycles. The molecule has 1 N–H and O–H groups in total. The molecule has 1 fully saturated rings. The van der Waals surface area contributed by atoms with Gasteiger partial charge in [-0.05, 0) is 19.9 Å². The number of hydrogen-bond acceptors (Lipinski definition) is 4. The van der Waals surface area contributed by atoms with Crippen molar-refractivity contribution in [2.45, 2.75) is 32.4 Å². The number of rotatable bonds is 4. The highest BCUT2D eigenvalue weighted by Crippen LogP contribution is 2.30. The zero-order valence-corrected chi connectivity index (χ0v) is 11.1. The molecule has 0 aromatic carbocycles. The maximum atomic E-state index is 11.6. The standard InChI is InChI=1S/C11H19N3O2S/c1-3-12-6-10-7-14(9-13-10)11(2)4-5-17(15,16)8-11/h7,9,12H,3-6,8H2,1-2H3. The van der Waals surface area contributed by atoms with E-state index in [0.717, 1.165) is 18.8 Å². The Labute approximate surface area is 102 Å². The normalized spacial score (nSPS) is 27.4. The smallest absolute Gasteiger partial charge is 0.152 e. The fourth-order valence-corrected chi connectivity index (χ4v) is 4.34. The van der Waals surface area contributed by atoms with Crippen LogP contribution in [0.25, 0.3) is 0 Å². The van der Waals surface area contributed by atoms with E-state index in [9.17, 15) is 8.42 Å². The molecule has 2 heterocycles. The fourth-order valence-electron chi connectivity index (χ4n) is 2.20. The molecule has 6 heteroatoms. The molecule has 0 bridgehead atoms. The molecule has 2 rings (SSSR count). The third kappa shape index (κ3) is 2.69. The van der Waals surface area contributed by atoms with Crippen molar-refractivity contribution in [2.75, 3.05) is 18.1 Å². The van der Waals surface area contributed by atoms with Crippen molar-refractivity contribution >= 4 is 9.84 Å². The van der Waals surface area contributed by atoms with Gasteiger partial charge in [0.15, 0.2) is 9.84 Å². The average molecular weight is 257 g/mol. The Morgan fingerprint density at radius 3 is 2.94 bits per heavy atom. The molecule has 1 unspecified atom stereocenters. The molecular formula is C11H19N3O2S. The molecular weight excluding hydrogens is 238 g/mol. The van der Waals surface area contributed by atoms with E-state index in [-0.39, 0.29) is 17.0 Å². The van der Waals surface area contributed by atoms with Crippen molar-refractivity contribution in [1.29, 1.82) is 0 Å². The second-order valence-corrected chi connectivity index (χ2v) is 7.08. The number of sulfone groups is 1. The lowest BCUT2D eigenvalue weighted by Gasteiger charge is -2.23. The third-order valence-corrected chi connectivity index (χ3v) is 5.19. The number of aromatic nitrogens is 2. The van der Waals surface area contributed by atoms with Crippen molar-refractivity contribution in [2.24, 2.45) is 0 Å². The summed E-state index contributed by atoms with van der Waals surface area (Å²) in [5.41, 5.74) is 0.633. The van der Waals surface area contributed by atoms with Crippen LogP contribution in [0.2, 0.25) is 0 Å². The molecule has 1 atom stereocenters. The van der Waals surface area contributed by atoms with Crippen LogP contribution < -0.4 is 5.32 Å². The Kier molecular flexibility index (Phi) is 3.27. The minimum absolute atomic E-state index is 0.219. The number of nitrogens with zero attached hydrogens (tertiary/aromatic N) is 2. The van der Waals surface area contributed by atoms with E-state index in [1.807, 2.05) is 24.6 Å². The fraction of sp³-hybridized carbons (Fsp3) is 0.727. The van der Waals surface area contributed by atoms with Gasteiger partial charge in [0.1, 0.15) is 0 Å². The molecule has 5 nitrogen and oxygen atoms in total. The van der Waals surface area contributed by atoms with Crippen molar-refractivity contribution < 1.29 is 8.42 Å². The van der Waals surface area contributed by atoms with Gasteiger partial charge in [0.05, 0.1) is 29.1 Å². The summed E-state index contributed by atoms with van der Waals surface area (Å²) in [4.78, 5) is 4.30. The molecule has 0 saturated carbocycles. The minimum Gasteiger partial charge on any atom is -0.330 e. The molecule has 0 spiro atoms. The summed E-state index contributed by atoms with van der Waals surface area (Å²) in [5.74, 6) is 0.501. The highest BCUT2D eigenvalue weighted by Gasteiger charge is 2.39. The molecule has 1 aliphatic rings. The Bertz CT molecular complexity index is 495. The van der Waals surface area contributed by atoms with Gasteiger partial charge in [-0.25, -0.2) is 13.4 Å². The summed E-state index contributed by atoms with van der Waals surface area (Å²) in [6, 6.07) is 0. The Morgan fingerprint density at radius 1 is 1.59 bits per heavy atom. The van der Waals surface area contributed by atoms with Crippen LogP contribution in [-0.2, 0) is 21.9 Å². The second-order valence-electron chi connectivity index (χ2n) is 4.89. The maximum Gasteiger partial charge on any atom is 0.152 e. The van der Waals surface area contributed by atoms with Crippen LogP contribution in [-0.4, -0.2) is 36.0 Å². The van der Waals surface area contributed by atoms with Gasteiger partial charge >= 0.3 is 0 Å². The number of imidazole rings is 1. The molecule has 96 valence electrons. The van der Waals surface area contributed by atoms with Gasteiger partial charge in [-0.15, -0.1) is 0 Å². The topological polar surface area (TPSA) is 64.0 Å². The highest BCUT2D eigenvalue weighted by atomic mass is 32.2. The van der Waals surface area contributed by atoms with Gasteiger partial charge in [-0.3, -0.25) is 0 Å². The van der Waals surface area contributed by atoms with E-state index in [1.165, 1.54) is 0 Å². The van der Waals surface area contributed by atoms with Crippen LogP contribution >= 0.6 is 0 Å². The number of hydrogen-bond donors (Lipinski definition) is 1. The van der Waals surface area contributed by atoms with E-state index < -0.39 is 9.84 Å². The zero-order valence-electron chi connectivity index (χ0n) is 10.3. The van der Waals surface area contributed by atoms with Crippen LogP contribution in [0.15, 0.2) is 12.5 Å². The average Bonchev–Trinajstić information content (AvgIpc) is 2.81. The van der Waals surface area contributed by atoms with E-state index in [1.54, 1.807) is 6.33 Å². The predicted octanol–water partition coefficient (Wildman–Crippen LogP) is 0.526. The van der Waals surface area contributed by atoms with Crippen LogP contribution in [0, 0.1) is 0 Å². The molecule has 0 radical (unpaired) electrons. The summed E-state index contributed by atoms with van der Waals surface area (Å²) >= 11 is 0. The minimum atomic E-state index is -2.87. The van der Waals surface area contributed by atoms with Crippen LogP contribution in [0.1, 0.15) is 26.0 Å². The summed E-state index contributed by atoms with van der Waals surface area (Å²) in [6.07, 6.45) is 4.36. The van der Waals surface area contributed by atoms with Gasteiger partial charge < -0.3 is 9.88 Å². The van der Waals surface area contributed by atoms with Gasteiger partial charge in [0, 0.05) is 12.7 Å². The molecule has 17 heavy (non-hydrogen) atoms. The summed E-state index contributed by atoms with van der Waals surface area (Å²) < 4.78 is 25.1. The second kappa shape index (κ2) is 4.42. The molecule has 0 amide bonds. The molecule has 1 saturated heterocycles. The lowest BCUT2D eigenvalue weighted by atomic mass is 10.0. The van der Waals surface area contributed by atoms with Crippen LogP contribution in [0.4, 0.5) is 0 Å². The first-order valence-electron chi connectivity index (χ1n) is 5.90. The Balaban J connectivity index is 2.15. The quantitative estimate of drug-likeness (QED) is 0.854. The summed E-state index contributed by atoms with van der Waals surface area (Å²) in [5, 5.41) is 3.20. The Morgan fingerprint density at radius 2 is 2.35 bits per heavy atom. The van der Waals surface area contributed by atoms with Crippen molar-refractivity contribution in [1.82, 2.24) is 14.9 Å². The van der Waals surface area contributed by atoms with E-state index in [0.29, 0.717) is 6.42 Å². The van der Waals surface area contributed by atoms with Crippen molar-refractivity contribution in [3.8, 4) is 0 Å². The molecule has 0 aliphatic carbocycles. The van der Waals surface area contributed by atoms with Gasteiger partial charge in [0.2, 0.25) is 0 Å². The molecule has 1 aromatic heterocycles. The number of nitrogens with one attached hydrogen (secondary N) is 1. The summed E-state index contributed by atoms with van der Waals surface area (Å²) in [6.45, 7) is 5.66. The summed E-state index contributed by atoms with van der Waals surface area (Å²) in [7, 11) is -2.87. The van der Waals surface area contributed by atoms with E-state index in [2.05, 4.69) is 10.3 Å². The van der Waals surface area contributed by atoms with Gasteiger partial charge in [-0.1, -0.05) is 6.92 Å². The highest BCUT2D eigenvalue weighted by molar-refractivity contribution is 7.91. The first-order valence-corrected chi connectivity index (χ1v) is 7.72. The monoisotopic (exact) mass is 257 g/mol.